The Bertz CT molecular complexity index is 853. The van der Waals surface area contributed by atoms with Crippen LogP contribution < -0.4 is 9.64 Å². The van der Waals surface area contributed by atoms with Crippen LogP contribution in [0.4, 0.5) is 0 Å². The van der Waals surface area contributed by atoms with Gasteiger partial charge >= 0.3 is 0 Å². The molecule has 0 radical (unpaired) electrons. The molecule has 2 heterocycles. The average Bonchev–Trinajstić information content (AvgIpc) is 2.54. The Kier molecular flexibility index (Phi) is 2.68. The fourth-order valence-corrected chi connectivity index (χ4v) is 3.02. The van der Waals surface area contributed by atoms with E-state index in [1.54, 1.807) is 25.5 Å². The first-order valence-corrected chi connectivity index (χ1v) is 7.00. The zero-order valence-corrected chi connectivity index (χ0v) is 12.0. The lowest BCUT2D eigenvalue weighted by Crippen LogP contribution is -3.04. The highest BCUT2D eigenvalue weighted by atomic mass is 16.5. The monoisotopic (exact) mass is 292 g/mol. The number of aliphatic hydroxyl groups excluding tert-OH is 1. The van der Waals surface area contributed by atoms with Crippen molar-refractivity contribution in [2.75, 3.05) is 7.11 Å². The standard InChI is InChI=1S/C18H13NO3/c1-22-13-5-6-14-15(9-13)16-7-3-11-2-4-12(20)8-17(11)19(16)10-18(14)21/h2-10,21H,1H3/p+1. The van der Waals surface area contributed by atoms with E-state index in [0.717, 1.165) is 38.7 Å². The van der Waals surface area contributed by atoms with E-state index >= 15 is 0 Å². The van der Waals surface area contributed by atoms with Crippen molar-refractivity contribution in [3.05, 3.63) is 77.2 Å². The van der Waals surface area contributed by atoms with Crippen LogP contribution in [0.1, 0.15) is 11.1 Å². The van der Waals surface area contributed by atoms with Crippen molar-refractivity contribution in [3.8, 4) is 5.75 Å². The number of ether oxygens (including phenoxy) is 1. The fraction of sp³-hybridized carbons (Fsp3) is 0.0556. The summed E-state index contributed by atoms with van der Waals surface area (Å²) in [5.74, 6) is 0.899. The van der Waals surface area contributed by atoms with E-state index in [-0.39, 0.29) is 11.5 Å². The number of fused-ring (bicyclic) bond motifs is 5. The number of hydrogen-bond acceptors (Lipinski definition) is 3. The number of ketones is 1. The first-order chi connectivity index (χ1) is 10.7. The van der Waals surface area contributed by atoms with E-state index in [0.29, 0.717) is 0 Å². The van der Waals surface area contributed by atoms with Gasteiger partial charge in [-0.15, -0.1) is 0 Å². The number of aliphatic hydroxyl groups is 1. The second kappa shape index (κ2) is 4.58. The van der Waals surface area contributed by atoms with Crippen LogP contribution in [0.5, 0.6) is 5.75 Å². The van der Waals surface area contributed by atoms with Crippen LogP contribution in [0.3, 0.4) is 0 Å². The first-order valence-electron chi connectivity index (χ1n) is 7.00. The van der Waals surface area contributed by atoms with E-state index in [2.05, 4.69) is 0 Å². The molecular formula is C18H14NO3+. The first kappa shape index (κ1) is 12.9. The summed E-state index contributed by atoms with van der Waals surface area (Å²) >= 11 is 0. The molecule has 4 nitrogen and oxygen atoms in total. The molecule has 0 saturated carbocycles. The van der Waals surface area contributed by atoms with Crippen molar-refractivity contribution in [2.45, 2.75) is 0 Å². The molecule has 0 bridgehead atoms. The highest BCUT2D eigenvalue weighted by Crippen LogP contribution is 2.31. The van der Waals surface area contributed by atoms with E-state index in [4.69, 9.17) is 4.74 Å². The summed E-state index contributed by atoms with van der Waals surface area (Å²) in [6, 6.07) is 5.58. The summed E-state index contributed by atoms with van der Waals surface area (Å²) in [5, 5.41) is 10.3. The van der Waals surface area contributed by atoms with Gasteiger partial charge in [-0.2, -0.15) is 0 Å². The Hall–Kier alpha value is -2.85. The van der Waals surface area contributed by atoms with E-state index < -0.39 is 0 Å². The van der Waals surface area contributed by atoms with Gasteiger partial charge in [-0.05, 0) is 36.4 Å². The van der Waals surface area contributed by atoms with Gasteiger partial charge in [0, 0.05) is 23.3 Å². The molecule has 1 atom stereocenters. The van der Waals surface area contributed by atoms with Gasteiger partial charge in [0.2, 0.25) is 0 Å². The molecule has 0 amide bonds. The predicted molar refractivity (Wildman–Crippen MR) is 82.9 cm³/mol. The number of quaternary nitrogens is 1. The third-order valence-corrected chi connectivity index (χ3v) is 4.11. The molecule has 0 fully saturated rings. The van der Waals surface area contributed by atoms with Crippen LogP contribution in [0.15, 0.2) is 66.0 Å². The van der Waals surface area contributed by atoms with Gasteiger partial charge in [-0.25, -0.2) is 4.90 Å². The molecule has 4 heteroatoms. The van der Waals surface area contributed by atoms with Crippen LogP contribution in [-0.2, 0) is 4.79 Å². The Balaban J connectivity index is 1.94. The zero-order chi connectivity index (χ0) is 15.3. The predicted octanol–water partition coefficient (Wildman–Crippen LogP) is 1.75. The van der Waals surface area contributed by atoms with Gasteiger partial charge in [-0.1, -0.05) is 0 Å². The lowest BCUT2D eigenvalue weighted by atomic mass is 9.92. The minimum absolute atomic E-state index is 0.0368. The molecule has 4 rings (SSSR count). The van der Waals surface area contributed by atoms with Crippen LogP contribution in [0.2, 0.25) is 0 Å². The van der Waals surface area contributed by atoms with Crippen LogP contribution in [0.25, 0.3) is 11.5 Å². The molecule has 1 aliphatic carbocycles. The largest absolute Gasteiger partial charge is 0.503 e. The lowest BCUT2D eigenvalue weighted by Gasteiger charge is -2.29. The summed E-state index contributed by atoms with van der Waals surface area (Å²) < 4.78 is 5.29. The van der Waals surface area contributed by atoms with Crippen molar-refractivity contribution in [2.24, 2.45) is 0 Å². The van der Waals surface area contributed by atoms with Gasteiger partial charge in [0.05, 0.1) is 12.7 Å². The molecule has 0 spiro atoms. The summed E-state index contributed by atoms with van der Waals surface area (Å²) in [6.07, 6.45) is 10.7. The maximum Gasteiger partial charge on any atom is 0.184 e. The van der Waals surface area contributed by atoms with E-state index in [9.17, 15) is 9.90 Å². The molecule has 108 valence electrons. The molecule has 1 aromatic carbocycles. The third-order valence-electron chi connectivity index (χ3n) is 4.11. The van der Waals surface area contributed by atoms with Gasteiger partial charge in [0.1, 0.15) is 17.6 Å². The molecule has 2 N–H and O–H groups in total. The molecule has 0 saturated heterocycles. The van der Waals surface area contributed by atoms with Gasteiger partial charge in [0.25, 0.3) is 0 Å². The number of rotatable bonds is 1. The summed E-state index contributed by atoms with van der Waals surface area (Å²) in [7, 11) is 1.62. The van der Waals surface area contributed by atoms with Crippen molar-refractivity contribution < 1.29 is 19.5 Å². The van der Waals surface area contributed by atoms with Crippen LogP contribution in [-0.4, -0.2) is 18.0 Å². The Morgan fingerprint density at radius 3 is 2.77 bits per heavy atom. The zero-order valence-electron chi connectivity index (χ0n) is 12.0. The molecule has 2 aliphatic heterocycles. The van der Waals surface area contributed by atoms with Crippen molar-refractivity contribution in [3.63, 3.8) is 0 Å². The quantitative estimate of drug-likeness (QED) is 0.829. The maximum absolute atomic E-state index is 11.7. The maximum atomic E-state index is 11.7. The number of methoxy groups -OCH3 is 1. The summed E-state index contributed by atoms with van der Waals surface area (Å²) in [5.41, 5.74) is 4.50. The van der Waals surface area contributed by atoms with Gasteiger partial charge in [-0.3, -0.25) is 4.79 Å². The normalized spacial score (nSPS) is 21.7. The van der Waals surface area contributed by atoms with Crippen molar-refractivity contribution >= 4 is 17.2 Å². The number of nitrogens with one attached hydrogen (secondary N) is 1. The molecule has 1 aromatic rings. The third kappa shape index (κ3) is 1.78. The van der Waals surface area contributed by atoms with Crippen LogP contribution in [0, 0.1) is 0 Å². The number of allylic oxidation sites excluding steroid dienone is 5. The molecule has 22 heavy (non-hydrogen) atoms. The Morgan fingerprint density at radius 2 is 1.95 bits per heavy atom. The molecule has 3 aliphatic rings. The van der Waals surface area contributed by atoms with E-state index in [1.807, 2.05) is 36.4 Å². The summed E-state index contributed by atoms with van der Waals surface area (Å²) in [6.45, 7) is 0. The lowest BCUT2D eigenvalue weighted by molar-refractivity contribution is -0.720. The minimum atomic E-state index is -0.0368. The smallest absolute Gasteiger partial charge is 0.184 e. The second-order valence-corrected chi connectivity index (χ2v) is 5.35. The van der Waals surface area contributed by atoms with Gasteiger partial charge < -0.3 is 9.84 Å². The number of hydrogen-bond donors (Lipinski definition) is 2. The van der Waals surface area contributed by atoms with Gasteiger partial charge in [0.15, 0.2) is 17.2 Å². The highest BCUT2D eigenvalue weighted by Gasteiger charge is 2.34. The van der Waals surface area contributed by atoms with Crippen molar-refractivity contribution in [1.82, 2.24) is 0 Å². The molecule has 0 aromatic heterocycles. The Labute approximate surface area is 127 Å². The number of carbonyl (C=O) groups excluding carboxylic acids is 1. The van der Waals surface area contributed by atoms with Crippen molar-refractivity contribution in [1.29, 1.82) is 0 Å². The highest BCUT2D eigenvalue weighted by molar-refractivity contribution is 6.02. The van der Waals surface area contributed by atoms with E-state index in [1.165, 1.54) is 0 Å². The topological polar surface area (TPSA) is 51.0 Å². The molecular weight excluding hydrogens is 278 g/mol. The summed E-state index contributed by atoms with van der Waals surface area (Å²) in [4.78, 5) is 12.6. The Morgan fingerprint density at radius 1 is 1.09 bits per heavy atom. The fourth-order valence-electron chi connectivity index (χ4n) is 3.02. The SMILES string of the molecule is COc1ccc2c(c1)C1=CC=C3C=CC(=O)C=C3[NH+]1C=C2O. The van der Waals surface area contributed by atoms with Crippen LogP contribution >= 0.6 is 0 Å². The second-order valence-electron chi connectivity index (χ2n) is 5.35. The number of benzene rings is 1. The number of carbonyl (C=O) groups is 1. The minimum Gasteiger partial charge on any atom is -0.503 e. The molecule has 1 unspecified atom stereocenters. The average molecular weight is 292 g/mol.